The lowest BCUT2D eigenvalue weighted by Crippen LogP contribution is -2.39. The van der Waals surface area contributed by atoms with Crippen LogP contribution in [0.2, 0.25) is 0 Å². The van der Waals surface area contributed by atoms with Crippen LogP contribution in [0.4, 0.5) is 0 Å². The highest BCUT2D eigenvalue weighted by molar-refractivity contribution is 7.86. The van der Waals surface area contributed by atoms with Crippen LogP contribution in [0.15, 0.2) is 24.3 Å². The zero-order valence-corrected chi connectivity index (χ0v) is 12.3. The van der Waals surface area contributed by atoms with Gasteiger partial charge in [-0.1, -0.05) is 38.1 Å². The predicted octanol–water partition coefficient (Wildman–Crippen LogP) is 2.81. The molecule has 2 rings (SSSR count). The van der Waals surface area contributed by atoms with Gasteiger partial charge in [0.15, 0.2) is 0 Å². The second-order valence-electron chi connectivity index (χ2n) is 5.09. The molecule has 1 N–H and O–H groups in total. The molecule has 1 aliphatic carbocycles. The van der Waals surface area contributed by atoms with E-state index in [9.17, 15) is 4.21 Å². The van der Waals surface area contributed by atoms with Crippen LogP contribution in [0.25, 0.3) is 0 Å². The maximum absolute atomic E-state index is 12.6. The Morgan fingerprint density at radius 2 is 2.17 bits per heavy atom. The van der Waals surface area contributed by atoms with Gasteiger partial charge in [-0.3, -0.25) is 4.21 Å². The van der Waals surface area contributed by atoms with Gasteiger partial charge in [0.25, 0.3) is 0 Å². The molecule has 0 saturated heterocycles. The molecule has 0 bridgehead atoms. The minimum absolute atomic E-state index is 0.241. The maximum atomic E-state index is 12.6. The number of aryl methyl sites for hydroxylation is 1. The molecule has 1 aromatic rings. The lowest BCUT2D eigenvalue weighted by Gasteiger charge is -2.34. The minimum atomic E-state index is -0.751. The topological polar surface area (TPSA) is 29.1 Å². The van der Waals surface area contributed by atoms with Crippen molar-refractivity contribution < 1.29 is 4.21 Å². The van der Waals surface area contributed by atoms with Crippen LogP contribution in [-0.4, -0.2) is 21.8 Å². The van der Waals surface area contributed by atoms with E-state index in [0.29, 0.717) is 0 Å². The first-order valence-corrected chi connectivity index (χ1v) is 8.11. The quantitative estimate of drug-likeness (QED) is 0.907. The standard InChI is InChI=1S/C15H23NOS/c1-4-11(2)18(17)14-10-9-12-7-5-6-8-13(12)15(14)16-3/h5-8,11,14-16H,4,9-10H2,1-3H3. The third-order valence-corrected chi connectivity index (χ3v) is 6.27. The lowest BCUT2D eigenvalue weighted by molar-refractivity contribution is 0.494. The number of nitrogens with one attached hydrogen (secondary N) is 1. The second kappa shape index (κ2) is 5.98. The van der Waals surface area contributed by atoms with Gasteiger partial charge in [0.2, 0.25) is 0 Å². The molecule has 0 aromatic heterocycles. The number of hydrogen-bond donors (Lipinski definition) is 1. The van der Waals surface area contributed by atoms with E-state index in [1.54, 1.807) is 0 Å². The molecule has 4 unspecified atom stereocenters. The summed E-state index contributed by atoms with van der Waals surface area (Å²) in [5, 5.41) is 3.91. The van der Waals surface area contributed by atoms with Crippen LogP contribution in [0.1, 0.15) is 43.9 Å². The molecule has 1 aliphatic rings. The summed E-state index contributed by atoms with van der Waals surface area (Å²) in [6.07, 6.45) is 3.07. The van der Waals surface area contributed by atoms with Crippen LogP contribution < -0.4 is 5.32 Å². The molecule has 0 amide bonds. The molecule has 0 spiro atoms. The van der Waals surface area contributed by atoms with Gasteiger partial charge in [-0.15, -0.1) is 0 Å². The third-order valence-electron chi connectivity index (χ3n) is 4.04. The van der Waals surface area contributed by atoms with E-state index in [1.807, 2.05) is 7.05 Å². The summed E-state index contributed by atoms with van der Waals surface area (Å²) in [6, 6.07) is 8.79. The number of rotatable bonds is 4. The van der Waals surface area contributed by atoms with E-state index in [4.69, 9.17) is 0 Å². The summed E-state index contributed by atoms with van der Waals surface area (Å²) in [5.41, 5.74) is 2.75. The normalized spacial score (nSPS) is 26.4. The molecule has 0 saturated carbocycles. The fourth-order valence-corrected chi connectivity index (χ4v) is 4.61. The highest BCUT2D eigenvalue weighted by Gasteiger charge is 2.33. The van der Waals surface area contributed by atoms with Gasteiger partial charge in [-0.2, -0.15) is 0 Å². The van der Waals surface area contributed by atoms with Crippen LogP contribution in [0, 0.1) is 0 Å². The van der Waals surface area contributed by atoms with E-state index in [2.05, 4.69) is 43.4 Å². The lowest BCUT2D eigenvalue weighted by atomic mass is 9.87. The summed E-state index contributed by atoms with van der Waals surface area (Å²) in [6.45, 7) is 4.22. The summed E-state index contributed by atoms with van der Waals surface area (Å²) >= 11 is 0. The van der Waals surface area contributed by atoms with Crippen molar-refractivity contribution in [1.29, 1.82) is 0 Å². The highest BCUT2D eigenvalue weighted by Crippen LogP contribution is 2.33. The van der Waals surface area contributed by atoms with Gasteiger partial charge < -0.3 is 5.32 Å². The van der Waals surface area contributed by atoms with E-state index >= 15 is 0 Å². The SMILES string of the molecule is CCC(C)S(=O)C1CCc2ccccc2C1NC. The van der Waals surface area contributed by atoms with E-state index in [0.717, 1.165) is 19.3 Å². The molecular weight excluding hydrogens is 242 g/mol. The van der Waals surface area contributed by atoms with Crippen molar-refractivity contribution in [3.8, 4) is 0 Å². The van der Waals surface area contributed by atoms with Crippen molar-refractivity contribution in [3.63, 3.8) is 0 Å². The highest BCUT2D eigenvalue weighted by atomic mass is 32.2. The first-order valence-electron chi connectivity index (χ1n) is 6.83. The summed E-state index contributed by atoms with van der Waals surface area (Å²) in [4.78, 5) is 0. The number of fused-ring (bicyclic) bond motifs is 1. The van der Waals surface area contributed by atoms with Gasteiger partial charge in [-0.25, -0.2) is 0 Å². The Morgan fingerprint density at radius 3 is 2.83 bits per heavy atom. The Balaban J connectivity index is 2.28. The van der Waals surface area contributed by atoms with E-state index in [1.165, 1.54) is 11.1 Å². The van der Waals surface area contributed by atoms with Crippen molar-refractivity contribution in [1.82, 2.24) is 5.32 Å². The van der Waals surface area contributed by atoms with Crippen molar-refractivity contribution in [2.45, 2.75) is 49.7 Å². The average molecular weight is 265 g/mol. The molecule has 3 heteroatoms. The Bertz CT molecular complexity index is 432. The van der Waals surface area contributed by atoms with E-state index in [-0.39, 0.29) is 16.5 Å². The van der Waals surface area contributed by atoms with E-state index < -0.39 is 10.8 Å². The fraction of sp³-hybridized carbons (Fsp3) is 0.600. The number of hydrogen-bond acceptors (Lipinski definition) is 2. The van der Waals surface area contributed by atoms with Gasteiger partial charge >= 0.3 is 0 Å². The number of benzene rings is 1. The summed E-state index contributed by atoms with van der Waals surface area (Å²) < 4.78 is 12.6. The van der Waals surface area contributed by atoms with Crippen molar-refractivity contribution in [3.05, 3.63) is 35.4 Å². The first kappa shape index (κ1) is 13.8. The maximum Gasteiger partial charge on any atom is 0.0548 e. The van der Waals surface area contributed by atoms with Crippen molar-refractivity contribution in [2.75, 3.05) is 7.05 Å². The molecule has 0 fully saturated rings. The van der Waals surface area contributed by atoms with Gasteiger partial charge in [0.1, 0.15) is 0 Å². The molecule has 18 heavy (non-hydrogen) atoms. The molecule has 0 heterocycles. The van der Waals surface area contributed by atoms with Crippen molar-refractivity contribution >= 4 is 10.8 Å². The zero-order valence-electron chi connectivity index (χ0n) is 11.5. The monoisotopic (exact) mass is 265 g/mol. The van der Waals surface area contributed by atoms with Gasteiger partial charge in [0, 0.05) is 22.1 Å². The first-order chi connectivity index (χ1) is 8.69. The third kappa shape index (κ3) is 2.52. The fourth-order valence-electron chi connectivity index (χ4n) is 2.78. The van der Waals surface area contributed by atoms with Crippen LogP contribution >= 0.6 is 0 Å². The van der Waals surface area contributed by atoms with Crippen LogP contribution in [0.5, 0.6) is 0 Å². The molecule has 100 valence electrons. The molecule has 1 aromatic carbocycles. The molecule has 0 radical (unpaired) electrons. The molecular formula is C15H23NOS. The Hall–Kier alpha value is -0.670. The van der Waals surface area contributed by atoms with Crippen LogP contribution in [-0.2, 0) is 17.2 Å². The van der Waals surface area contributed by atoms with Gasteiger partial charge in [-0.05, 0) is 37.4 Å². The Labute approximate surface area is 113 Å². The Kier molecular flexibility index (Phi) is 4.57. The zero-order chi connectivity index (χ0) is 13.1. The van der Waals surface area contributed by atoms with Gasteiger partial charge in [0.05, 0.1) is 5.25 Å². The average Bonchev–Trinajstić information content (AvgIpc) is 2.44. The van der Waals surface area contributed by atoms with Crippen LogP contribution in [0.3, 0.4) is 0 Å². The molecule has 2 nitrogen and oxygen atoms in total. The van der Waals surface area contributed by atoms with Crippen molar-refractivity contribution in [2.24, 2.45) is 0 Å². The second-order valence-corrected chi connectivity index (χ2v) is 7.16. The smallest absolute Gasteiger partial charge is 0.0548 e. The minimum Gasteiger partial charge on any atom is -0.312 e. The largest absolute Gasteiger partial charge is 0.312 e. The molecule has 4 atom stereocenters. The summed E-state index contributed by atoms with van der Waals surface area (Å²) in [7, 11) is 1.23. The Morgan fingerprint density at radius 1 is 1.44 bits per heavy atom. The summed E-state index contributed by atoms with van der Waals surface area (Å²) in [5.74, 6) is 0. The predicted molar refractivity (Wildman–Crippen MR) is 78.2 cm³/mol. The molecule has 0 aliphatic heterocycles.